The van der Waals surface area contributed by atoms with Crippen molar-refractivity contribution in [3.05, 3.63) is 5.82 Å². The Bertz CT molecular complexity index is 439. The molecule has 0 unspecified atom stereocenters. The number of nitrogens with one attached hydrogen (secondary N) is 1. The quantitative estimate of drug-likeness (QED) is 0.797. The first kappa shape index (κ1) is 14.7. The van der Waals surface area contributed by atoms with Crippen molar-refractivity contribution >= 4 is 17.7 Å². The van der Waals surface area contributed by atoms with Crippen LogP contribution in [0.2, 0.25) is 0 Å². The number of nitrogens with zero attached hydrogens (tertiary/aromatic N) is 4. The highest BCUT2D eigenvalue weighted by atomic mass is 32.2. The zero-order chi connectivity index (χ0) is 13.6. The maximum atomic E-state index is 9.00. The van der Waals surface area contributed by atoms with Gasteiger partial charge in [0.1, 0.15) is 11.4 Å². The molecule has 0 saturated heterocycles. The van der Waals surface area contributed by atoms with Gasteiger partial charge in [-0.05, 0) is 26.5 Å². The van der Waals surface area contributed by atoms with Crippen LogP contribution >= 0.6 is 11.8 Å². The van der Waals surface area contributed by atoms with Gasteiger partial charge in [-0.1, -0.05) is 25.1 Å². The third-order valence-corrected chi connectivity index (χ3v) is 2.85. The van der Waals surface area contributed by atoms with Crippen molar-refractivity contribution in [2.24, 2.45) is 0 Å². The Morgan fingerprint density at radius 1 is 1.33 bits per heavy atom. The summed E-state index contributed by atoms with van der Waals surface area (Å²) >= 11 is 1.48. The van der Waals surface area contributed by atoms with Crippen LogP contribution in [0.1, 0.15) is 39.4 Å². The van der Waals surface area contributed by atoms with Gasteiger partial charge in [0.05, 0.1) is 6.07 Å². The maximum absolute atomic E-state index is 9.00. The van der Waals surface area contributed by atoms with Crippen LogP contribution in [0.3, 0.4) is 0 Å². The van der Waals surface area contributed by atoms with Gasteiger partial charge in [0, 0.05) is 6.42 Å². The molecule has 5 nitrogen and oxygen atoms in total. The van der Waals surface area contributed by atoms with E-state index < -0.39 is 5.54 Å². The Morgan fingerprint density at radius 3 is 2.61 bits per heavy atom. The van der Waals surface area contributed by atoms with E-state index in [1.165, 1.54) is 11.8 Å². The van der Waals surface area contributed by atoms with Gasteiger partial charge >= 0.3 is 0 Å². The minimum Gasteiger partial charge on any atom is -0.336 e. The molecule has 0 amide bonds. The second kappa shape index (κ2) is 6.55. The Morgan fingerprint density at radius 2 is 2.06 bits per heavy atom. The highest BCUT2D eigenvalue weighted by molar-refractivity contribution is 7.98. The maximum Gasteiger partial charge on any atom is 0.228 e. The summed E-state index contributed by atoms with van der Waals surface area (Å²) in [6.07, 6.45) is 4.93. The topological polar surface area (TPSA) is 74.5 Å². The normalized spacial score (nSPS) is 11.1. The lowest BCUT2D eigenvalue weighted by atomic mass is 10.1. The summed E-state index contributed by atoms with van der Waals surface area (Å²) in [7, 11) is 0. The molecular weight excluding hydrogens is 246 g/mol. The average Bonchev–Trinajstić information content (AvgIpc) is 2.35. The molecule has 0 aliphatic rings. The number of thioether (sulfide) groups is 1. The van der Waals surface area contributed by atoms with Gasteiger partial charge in [0.25, 0.3) is 0 Å². The predicted molar refractivity (Wildman–Crippen MR) is 73.5 cm³/mol. The monoisotopic (exact) mass is 265 g/mol. The molecule has 1 heterocycles. The van der Waals surface area contributed by atoms with Crippen molar-refractivity contribution in [2.45, 2.75) is 50.7 Å². The minimum atomic E-state index is -0.681. The van der Waals surface area contributed by atoms with E-state index in [1.54, 1.807) is 13.8 Å². The Hall–Kier alpha value is -1.35. The zero-order valence-electron chi connectivity index (χ0n) is 11.3. The second-order valence-corrected chi connectivity index (χ2v) is 5.30. The number of hydrogen-bond donors (Lipinski definition) is 1. The van der Waals surface area contributed by atoms with Gasteiger partial charge in [-0.2, -0.15) is 15.2 Å². The number of aromatic nitrogens is 3. The molecule has 0 aliphatic heterocycles. The summed E-state index contributed by atoms with van der Waals surface area (Å²) in [6.45, 7) is 5.72. The first-order valence-electron chi connectivity index (χ1n) is 5.99. The highest BCUT2D eigenvalue weighted by Crippen LogP contribution is 2.15. The number of rotatable bonds is 6. The molecule has 0 radical (unpaired) electrons. The molecule has 1 aromatic heterocycles. The SMILES string of the molecule is CCCCc1nc(NC(C)(C)C#N)nc(SC)n1. The Labute approximate surface area is 112 Å². The third-order valence-electron chi connectivity index (χ3n) is 2.30. The molecule has 0 fully saturated rings. The van der Waals surface area contributed by atoms with E-state index in [4.69, 9.17) is 5.26 Å². The van der Waals surface area contributed by atoms with Gasteiger partial charge in [-0.3, -0.25) is 0 Å². The van der Waals surface area contributed by atoms with E-state index in [0.29, 0.717) is 11.1 Å². The van der Waals surface area contributed by atoms with Crippen LogP contribution < -0.4 is 5.32 Å². The van der Waals surface area contributed by atoms with Crippen molar-refractivity contribution in [1.82, 2.24) is 15.0 Å². The van der Waals surface area contributed by atoms with Crippen molar-refractivity contribution < 1.29 is 0 Å². The van der Waals surface area contributed by atoms with Crippen molar-refractivity contribution in [2.75, 3.05) is 11.6 Å². The van der Waals surface area contributed by atoms with E-state index in [2.05, 4.69) is 33.3 Å². The molecule has 1 aromatic rings. The van der Waals surface area contributed by atoms with Crippen LogP contribution in [0.4, 0.5) is 5.95 Å². The number of anilines is 1. The van der Waals surface area contributed by atoms with Gasteiger partial charge in [-0.15, -0.1) is 0 Å². The number of nitriles is 1. The Balaban J connectivity index is 2.94. The summed E-state index contributed by atoms with van der Waals surface area (Å²) in [5, 5.41) is 12.7. The fourth-order valence-corrected chi connectivity index (χ4v) is 1.67. The largest absolute Gasteiger partial charge is 0.336 e. The Kier molecular flexibility index (Phi) is 5.35. The molecule has 0 aromatic carbocycles. The molecule has 0 bridgehead atoms. The summed E-state index contributed by atoms with van der Waals surface area (Å²) in [6, 6.07) is 2.17. The van der Waals surface area contributed by atoms with Crippen LogP contribution in [0.5, 0.6) is 0 Å². The fourth-order valence-electron chi connectivity index (χ4n) is 1.30. The minimum absolute atomic E-state index is 0.479. The number of hydrogen-bond acceptors (Lipinski definition) is 6. The fraction of sp³-hybridized carbons (Fsp3) is 0.667. The number of aryl methyl sites for hydroxylation is 1. The van der Waals surface area contributed by atoms with Gasteiger partial charge in [0.15, 0.2) is 5.16 Å². The van der Waals surface area contributed by atoms with Crippen LogP contribution in [0, 0.1) is 11.3 Å². The summed E-state index contributed by atoms with van der Waals surface area (Å²) in [5.74, 6) is 1.26. The molecular formula is C12H19N5S. The third kappa shape index (κ3) is 4.49. The lowest BCUT2D eigenvalue weighted by molar-refractivity contribution is 0.686. The molecule has 0 saturated carbocycles. The highest BCUT2D eigenvalue weighted by Gasteiger charge is 2.18. The van der Waals surface area contributed by atoms with Crippen LogP contribution in [-0.2, 0) is 6.42 Å². The van der Waals surface area contributed by atoms with Gasteiger partial charge < -0.3 is 5.32 Å². The molecule has 98 valence electrons. The van der Waals surface area contributed by atoms with Crippen LogP contribution in [-0.4, -0.2) is 26.7 Å². The van der Waals surface area contributed by atoms with E-state index in [-0.39, 0.29) is 0 Å². The van der Waals surface area contributed by atoms with Crippen molar-refractivity contribution in [3.63, 3.8) is 0 Å². The molecule has 6 heteroatoms. The van der Waals surface area contributed by atoms with Crippen LogP contribution in [0.25, 0.3) is 0 Å². The summed E-state index contributed by atoms with van der Waals surface area (Å²) < 4.78 is 0. The smallest absolute Gasteiger partial charge is 0.228 e. The molecule has 0 aliphatic carbocycles. The van der Waals surface area contributed by atoms with Gasteiger partial charge in [0.2, 0.25) is 5.95 Å². The predicted octanol–water partition coefficient (Wildman–Crippen LogP) is 2.65. The average molecular weight is 265 g/mol. The summed E-state index contributed by atoms with van der Waals surface area (Å²) in [5.41, 5.74) is -0.681. The lowest BCUT2D eigenvalue weighted by Crippen LogP contribution is -2.30. The van der Waals surface area contributed by atoms with Crippen LogP contribution in [0.15, 0.2) is 5.16 Å². The first-order chi connectivity index (χ1) is 8.50. The second-order valence-electron chi connectivity index (χ2n) is 4.53. The molecule has 0 spiro atoms. The molecule has 18 heavy (non-hydrogen) atoms. The van der Waals surface area contributed by atoms with E-state index >= 15 is 0 Å². The first-order valence-corrected chi connectivity index (χ1v) is 7.21. The van der Waals surface area contributed by atoms with Crippen molar-refractivity contribution in [3.8, 4) is 6.07 Å². The van der Waals surface area contributed by atoms with E-state index in [0.717, 1.165) is 25.1 Å². The molecule has 1 N–H and O–H groups in total. The van der Waals surface area contributed by atoms with E-state index in [9.17, 15) is 0 Å². The standard InChI is InChI=1S/C12H19N5S/c1-5-6-7-9-14-10(16-11(15-9)18-4)17-12(2,3)8-13/h5-7H2,1-4H3,(H,14,15,16,17). The molecule has 0 atom stereocenters. The van der Waals surface area contributed by atoms with Gasteiger partial charge in [-0.25, -0.2) is 4.98 Å². The van der Waals surface area contributed by atoms with E-state index in [1.807, 2.05) is 6.26 Å². The number of unbranched alkanes of at least 4 members (excludes halogenated alkanes) is 1. The summed E-state index contributed by atoms with van der Waals surface area (Å²) in [4.78, 5) is 13.0. The zero-order valence-corrected chi connectivity index (χ0v) is 12.1. The lowest BCUT2D eigenvalue weighted by Gasteiger charge is -2.17. The molecule has 1 rings (SSSR count). The van der Waals surface area contributed by atoms with Crippen molar-refractivity contribution in [1.29, 1.82) is 5.26 Å².